The molecule has 2 heterocycles. The van der Waals surface area contributed by atoms with Crippen molar-refractivity contribution in [2.24, 2.45) is 0 Å². The van der Waals surface area contributed by atoms with Crippen molar-refractivity contribution >= 4 is 41.6 Å². The molecule has 0 spiro atoms. The topological polar surface area (TPSA) is 21.8 Å². The zero-order valence-electron chi connectivity index (χ0n) is 19.7. The molecule has 0 aliphatic carbocycles. The number of hydrogen-bond donors (Lipinski definition) is 1. The second-order valence-corrected chi connectivity index (χ2v) is 9.00. The van der Waals surface area contributed by atoms with Crippen LogP contribution in [-0.2, 0) is 0 Å². The molecular weight excluding hydrogens is 391 g/mol. The van der Waals surface area contributed by atoms with E-state index in [0.717, 1.165) is 72.9 Å². The van der Waals surface area contributed by atoms with Crippen LogP contribution in [0.3, 0.4) is 0 Å². The van der Waals surface area contributed by atoms with Crippen LogP contribution in [0.5, 0.6) is 0 Å². The lowest BCUT2D eigenvalue weighted by Gasteiger charge is -2.40. The van der Waals surface area contributed by atoms with Gasteiger partial charge in [-0.15, -0.1) is 0 Å². The van der Waals surface area contributed by atoms with Crippen LogP contribution < -0.4 is 20.6 Å². The highest BCUT2D eigenvalue weighted by atomic mass is 15.3. The fourth-order valence-electron chi connectivity index (χ4n) is 4.83. The van der Waals surface area contributed by atoms with Crippen LogP contribution in [0.2, 0.25) is 0 Å². The summed E-state index contributed by atoms with van der Waals surface area (Å²) in [5.41, 5.74) is 8.90. The van der Waals surface area contributed by atoms with Crippen molar-refractivity contribution in [2.75, 3.05) is 61.4 Å². The van der Waals surface area contributed by atoms with E-state index in [2.05, 4.69) is 63.5 Å². The summed E-state index contributed by atoms with van der Waals surface area (Å²) in [6, 6.07) is 13.0. The number of nitrogens with one attached hydrogen (secondary N) is 1. The Balaban J connectivity index is 1.49. The van der Waals surface area contributed by atoms with Gasteiger partial charge in [0.2, 0.25) is 0 Å². The molecule has 166 valence electrons. The molecule has 32 heavy (non-hydrogen) atoms. The molecule has 0 amide bonds. The Hall–Kier alpha value is -2.82. The smallest absolute Gasteiger partial charge is 0.116 e. The minimum Gasteiger partial charge on any atom is -0.388 e. The third-order valence-corrected chi connectivity index (χ3v) is 6.82. The second kappa shape index (κ2) is 9.77. The maximum atomic E-state index is 6.38. The van der Waals surface area contributed by atoms with Crippen LogP contribution in [0.1, 0.15) is 37.3 Å². The summed E-state index contributed by atoms with van der Waals surface area (Å²) in [6.07, 6.45) is 3.87. The molecule has 2 saturated heterocycles. The van der Waals surface area contributed by atoms with Gasteiger partial charge in [0.1, 0.15) is 7.85 Å². The van der Waals surface area contributed by atoms with E-state index in [1.807, 2.05) is 20.0 Å². The van der Waals surface area contributed by atoms with Gasteiger partial charge in [0, 0.05) is 74.6 Å². The Morgan fingerprint density at radius 2 is 1.50 bits per heavy atom. The summed E-state index contributed by atoms with van der Waals surface area (Å²) in [7, 11) is 8.36. The van der Waals surface area contributed by atoms with Crippen molar-refractivity contribution < 1.29 is 0 Å². The SMILES string of the molecule is [B]c1cc(C(=C)C)ccc1N1CCN(C(=C)c2cc(NC)ccc2N2CCCCC2)CC1. The van der Waals surface area contributed by atoms with Gasteiger partial charge in [0.05, 0.1) is 0 Å². The molecule has 2 aromatic rings. The average molecular weight is 426 g/mol. The first-order valence-electron chi connectivity index (χ1n) is 11.8. The number of anilines is 3. The van der Waals surface area contributed by atoms with Crippen molar-refractivity contribution in [2.45, 2.75) is 26.2 Å². The molecule has 2 fully saturated rings. The first kappa shape index (κ1) is 22.4. The van der Waals surface area contributed by atoms with E-state index in [0.29, 0.717) is 0 Å². The Bertz CT molecular complexity index is 985. The fraction of sp³-hybridized carbons (Fsp3) is 0.407. The van der Waals surface area contributed by atoms with Gasteiger partial charge < -0.3 is 20.0 Å². The van der Waals surface area contributed by atoms with Crippen LogP contribution in [0.4, 0.5) is 17.1 Å². The molecule has 2 radical (unpaired) electrons. The molecular formula is C27H35BN4. The van der Waals surface area contributed by atoms with Crippen LogP contribution in [0.25, 0.3) is 11.3 Å². The van der Waals surface area contributed by atoms with Crippen LogP contribution in [-0.4, -0.2) is 59.1 Å². The molecule has 0 saturated carbocycles. The third kappa shape index (κ3) is 4.67. The maximum absolute atomic E-state index is 6.38. The zero-order valence-corrected chi connectivity index (χ0v) is 19.7. The summed E-state index contributed by atoms with van der Waals surface area (Å²) in [6.45, 7) is 16.6. The predicted octanol–water partition coefficient (Wildman–Crippen LogP) is 4.34. The van der Waals surface area contributed by atoms with Crippen LogP contribution >= 0.6 is 0 Å². The monoisotopic (exact) mass is 426 g/mol. The molecule has 2 aliphatic heterocycles. The summed E-state index contributed by atoms with van der Waals surface area (Å²) in [5.74, 6) is 0. The lowest BCUT2D eigenvalue weighted by atomic mass is 9.90. The van der Waals surface area contributed by atoms with E-state index in [9.17, 15) is 0 Å². The van der Waals surface area contributed by atoms with E-state index in [1.165, 1.54) is 30.5 Å². The fourth-order valence-corrected chi connectivity index (χ4v) is 4.83. The van der Waals surface area contributed by atoms with E-state index in [1.54, 1.807) is 0 Å². The van der Waals surface area contributed by atoms with E-state index in [4.69, 9.17) is 7.85 Å². The van der Waals surface area contributed by atoms with Crippen LogP contribution in [0, 0.1) is 0 Å². The van der Waals surface area contributed by atoms with E-state index < -0.39 is 0 Å². The molecule has 2 aliphatic rings. The Kier molecular flexibility index (Phi) is 6.83. The van der Waals surface area contributed by atoms with Gasteiger partial charge in [-0.3, -0.25) is 0 Å². The second-order valence-electron chi connectivity index (χ2n) is 9.00. The molecule has 0 atom stereocenters. The van der Waals surface area contributed by atoms with Gasteiger partial charge in [-0.25, -0.2) is 0 Å². The van der Waals surface area contributed by atoms with Crippen LogP contribution in [0.15, 0.2) is 49.6 Å². The Morgan fingerprint density at radius 1 is 0.844 bits per heavy atom. The summed E-state index contributed by atoms with van der Waals surface area (Å²) in [4.78, 5) is 7.34. The number of benzene rings is 2. The van der Waals surface area contributed by atoms with Crippen molar-refractivity contribution in [1.29, 1.82) is 0 Å². The van der Waals surface area contributed by atoms with Crippen molar-refractivity contribution in [1.82, 2.24) is 4.90 Å². The predicted molar refractivity (Wildman–Crippen MR) is 141 cm³/mol. The molecule has 0 unspecified atom stereocenters. The number of allylic oxidation sites excluding steroid dienone is 1. The lowest BCUT2D eigenvalue weighted by Crippen LogP contribution is -2.46. The summed E-state index contributed by atoms with van der Waals surface area (Å²) in [5, 5.41) is 3.30. The summed E-state index contributed by atoms with van der Waals surface area (Å²) < 4.78 is 0. The molecule has 0 aromatic heterocycles. The zero-order chi connectivity index (χ0) is 22.7. The average Bonchev–Trinajstić information content (AvgIpc) is 2.83. The van der Waals surface area contributed by atoms with Gasteiger partial charge in [0.25, 0.3) is 0 Å². The number of rotatable bonds is 6. The minimum absolute atomic E-state index is 0.826. The maximum Gasteiger partial charge on any atom is 0.116 e. The number of nitrogens with zero attached hydrogens (tertiary/aromatic N) is 3. The molecule has 4 nitrogen and oxygen atoms in total. The first-order chi connectivity index (χ1) is 15.5. The van der Waals surface area contributed by atoms with Crippen molar-refractivity contribution in [3.63, 3.8) is 0 Å². The van der Waals surface area contributed by atoms with Gasteiger partial charge in [-0.2, -0.15) is 0 Å². The molecule has 0 bridgehead atoms. The highest BCUT2D eigenvalue weighted by Gasteiger charge is 2.23. The van der Waals surface area contributed by atoms with Crippen molar-refractivity contribution in [3.05, 3.63) is 60.7 Å². The molecule has 5 heteroatoms. The molecule has 4 rings (SSSR count). The number of hydrogen-bond acceptors (Lipinski definition) is 4. The van der Waals surface area contributed by atoms with Gasteiger partial charge in [-0.05, 0) is 56.0 Å². The quantitative estimate of drug-likeness (QED) is 0.694. The largest absolute Gasteiger partial charge is 0.388 e. The first-order valence-corrected chi connectivity index (χ1v) is 11.8. The molecule has 2 aromatic carbocycles. The highest BCUT2D eigenvalue weighted by Crippen LogP contribution is 2.33. The minimum atomic E-state index is 0.826. The Morgan fingerprint density at radius 3 is 2.12 bits per heavy atom. The van der Waals surface area contributed by atoms with Gasteiger partial charge >= 0.3 is 0 Å². The van der Waals surface area contributed by atoms with E-state index >= 15 is 0 Å². The normalized spacial score (nSPS) is 16.8. The Labute approximate surface area is 195 Å². The number of piperidine rings is 1. The van der Waals surface area contributed by atoms with E-state index in [-0.39, 0.29) is 0 Å². The number of piperazine rings is 1. The third-order valence-electron chi connectivity index (χ3n) is 6.82. The van der Waals surface area contributed by atoms with Gasteiger partial charge in [0.15, 0.2) is 0 Å². The highest BCUT2D eigenvalue weighted by molar-refractivity contribution is 6.36. The van der Waals surface area contributed by atoms with Gasteiger partial charge in [-0.1, -0.05) is 36.3 Å². The van der Waals surface area contributed by atoms with Crippen molar-refractivity contribution in [3.8, 4) is 0 Å². The molecule has 1 N–H and O–H groups in total. The standard InChI is InChI=1S/C27H35BN4/c1-20(2)22-8-10-27(25(28)18-22)32-16-14-30(15-17-32)21(3)24-19-23(29-4)9-11-26(24)31-12-6-5-7-13-31/h8-11,18-19,29H,1,3,5-7,12-17H2,2,4H3. The summed E-state index contributed by atoms with van der Waals surface area (Å²) >= 11 is 0. The lowest BCUT2D eigenvalue weighted by molar-refractivity contribution is 0.368.